The summed E-state index contributed by atoms with van der Waals surface area (Å²) in [4.78, 5) is 23.3. The van der Waals surface area contributed by atoms with Gasteiger partial charge in [0.2, 0.25) is 0 Å². The Bertz CT molecular complexity index is 784. The zero-order chi connectivity index (χ0) is 19.9. The number of hydrogen-bond donors (Lipinski definition) is 3. The lowest BCUT2D eigenvalue weighted by Crippen LogP contribution is -2.34. The van der Waals surface area contributed by atoms with Crippen molar-refractivity contribution >= 4 is 23.5 Å². The molecule has 0 atom stereocenters. The van der Waals surface area contributed by atoms with Gasteiger partial charge in [0.1, 0.15) is 6.61 Å². The number of anilines is 2. The van der Waals surface area contributed by atoms with Crippen molar-refractivity contribution in [3.05, 3.63) is 60.2 Å². The van der Waals surface area contributed by atoms with Crippen molar-refractivity contribution in [2.45, 2.75) is 6.18 Å². The van der Waals surface area contributed by atoms with E-state index in [0.717, 1.165) is 12.1 Å². The summed E-state index contributed by atoms with van der Waals surface area (Å²) in [6.07, 6.45) is -5.56. The summed E-state index contributed by atoms with van der Waals surface area (Å²) in [6.45, 7) is -0.363. The van der Waals surface area contributed by atoms with E-state index in [1.165, 1.54) is 24.3 Å². The molecule has 144 valence electrons. The van der Waals surface area contributed by atoms with E-state index in [2.05, 4.69) is 10.6 Å². The van der Waals surface area contributed by atoms with Crippen molar-refractivity contribution in [1.29, 1.82) is 0 Å². The van der Waals surface area contributed by atoms with Crippen molar-refractivity contribution in [3.8, 4) is 0 Å². The normalized spacial score (nSPS) is 10.8. The average Bonchev–Trinajstić information content (AvgIpc) is 2.64. The predicted molar refractivity (Wildman–Crippen MR) is 90.5 cm³/mol. The minimum Gasteiger partial charge on any atom is -0.446 e. The van der Waals surface area contributed by atoms with E-state index in [1.807, 2.05) is 0 Å². The number of urea groups is 1. The van der Waals surface area contributed by atoms with Crippen LogP contribution in [0.3, 0.4) is 0 Å². The monoisotopic (exact) mass is 383 g/mol. The van der Waals surface area contributed by atoms with Gasteiger partial charge in [0.25, 0.3) is 0 Å². The molecular formula is C17H16F3N3O4. The van der Waals surface area contributed by atoms with Crippen molar-refractivity contribution in [3.63, 3.8) is 0 Å². The van der Waals surface area contributed by atoms with E-state index in [4.69, 9.17) is 4.74 Å². The SMILES string of the molecule is O=C(NCCOC(=O)N(O)c1ccccc1)Nc1cccc(C(F)(F)F)c1. The number of rotatable bonds is 5. The lowest BCUT2D eigenvalue weighted by atomic mass is 10.2. The Morgan fingerprint density at radius 3 is 2.44 bits per heavy atom. The smallest absolute Gasteiger partial charge is 0.438 e. The fourth-order valence-corrected chi connectivity index (χ4v) is 1.99. The van der Waals surface area contributed by atoms with Gasteiger partial charge >= 0.3 is 18.3 Å². The Morgan fingerprint density at radius 1 is 1.07 bits per heavy atom. The van der Waals surface area contributed by atoms with Crippen molar-refractivity contribution in [1.82, 2.24) is 5.32 Å². The molecule has 27 heavy (non-hydrogen) atoms. The summed E-state index contributed by atoms with van der Waals surface area (Å²) in [7, 11) is 0. The van der Waals surface area contributed by atoms with Gasteiger partial charge in [0, 0.05) is 5.69 Å². The fourth-order valence-electron chi connectivity index (χ4n) is 1.99. The number of hydroxylamine groups is 1. The number of halogens is 3. The zero-order valence-electron chi connectivity index (χ0n) is 13.9. The zero-order valence-corrected chi connectivity index (χ0v) is 13.9. The molecule has 3 N–H and O–H groups in total. The van der Waals surface area contributed by atoms with E-state index in [0.29, 0.717) is 5.06 Å². The second-order valence-electron chi connectivity index (χ2n) is 5.22. The molecule has 0 heterocycles. The molecule has 0 aliphatic carbocycles. The summed E-state index contributed by atoms with van der Waals surface area (Å²) >= 11 is 0. The predicted octanol–water partition coefficient (Wildman–Crippen LogP) is 3.86. The van der Waals surface area contributed by atoms with Gasteiger partial charge in [-0.15, -0.1) is 0 Å². The van der Waals surface area contributed by atoms with Gasteiger partial charge in [-0.2, -0.15) is 18.2 Å². The van der Waals surface area contributed by atoms with Gasteiger partial charge in [0.15, 0.2) is 0 Å². The lowest BCUT2D eigenvalue weighted by Gasteiger charge is -2.15. The molecule has 0 aliphatic rings. The summed E-state index contributed by atoms with van der Waals surface area (Å²) in [5, 5.41) is 14.5. The highest BCUT2D eigenvalue weighted by Gasteiger charge is 2.30. The standard InChI is InChI=1S/C17H16F3N3O4/c18-17(19,20)12-5-4-6-13(11-12)22-15(24)21-9-10-27-16(25)23(26)14-7-2-1-3-8-14/h1-8,11,26H,9-10H2,(H2,21,22,24). The third-order valence-corrected chi connectivity index (χ3v) is 3.23. The molecule has 0 fully saturated rings. The van der Waals surface area contributed by atoms with Crippen LogP contribution in [-0.2, 0) is 10.9 Å². The number of alkyl halides is 3. The number of carbonyl (C=O) groups excluding carboxylic acids is 2. The molecule has 0 radical (unpaired) electrons. The molecule has 2 aromatic rings. The number of carbonyl (C=O) groups is 2. The molecule has 10 heteroatoms. The lowest BCUT2D eigenvalue weighted by molar-refractivity contribution is -0.137. The van der Waals surface area contributed by atoms with E-state index in [1.54, 1.807) is 18.2 Å². The second kappa shape index (κ2) is 8.90. The van der Waals surface area contributed by atoms with Gasteiger partial charge in [-0.1, -0.05) is 24.3 Å². The molecule has 0 saturated carbocycles. The number of hydrogen-bond acceptors (Lipinski definition) is 4. The first-order valence-electron chi connectivity index (χ1n) is 7.70. The number of benzene rings is 2. The molecule has 2 aromatic carbocycles. The first-order chi connectivity index (χ1) is 12.8. The highest BCUT2D eigenvalue weighted by molar-refractivity contribution is 5.89. The van der Waals surface area contributed by atoms with Gasteiger partial charge in [-0.25, -0.2) is 9.59 Å². The second-order valence-corrected chi connectivity index (χ2v) is 5.22. The first kappa shape index (κ1) is 20.0. The highest BCUT2D eigenvalue weighted by atomic mass is 19.4. The first-order valence-corrected chi connectivity index (χ1v) is 7.70. The summed E-state index contributed by atoms with van der Waals surface area (Å²) in [5.74, 6) is 0. The topological polar surface area (TPSA) is 90.9 Å². The molecule has 2 rings (SSSR count). The molecule has 0 aliphatic heterocycles. The number of nitrogens with one attached hydrogen (secondary N) is 2. The summed E-state index contributed by atoms with van der Waals surface area (Å²) in [6, 6.07) is 11.3. The molecule has 0 unspecified atom stereocenters. The molecule has 7 nitrogen and oxygen atoms in total. The molecule has 0 bridgehead atoms. The van der Waals surface area contributed by atoms with Gasteiger partial charge in [-0.05, 0) is 30.3 Å². The highest BCUT2D eigenvalue weighted by Crippen LogP contribution is 2.30. The third kappa shape index (κ3) is 6.19. The minimum absolute atomic E-state index is 0.0371. The largest absolute Gasteiger partial charge is 0.446 e. The molecule has 0 aromatic heterocycles. The van der Waals surface area contributed by atoms with Gasteiger partial charge in [0.05, 0.1) is 17.8 Å². The van der Waals surface area contributed by atoms with Crippen LogP contribution in [0.2, 0.25) is 0 Å². The van der Waals surface area contributed by atoms with Crippen molar-refractivity contribution in [2.75, 3.05) is 23.5 Å². The van der Waals surface area contributed by atoms with Crippen LogP contribution in [0.4, 0.5) is 34.1 Å². The van der Waals surface area contributed by atoms with Crippen LogP contribution in [0.5, 0.6) is 0 Å². The third-order valence-electron chi connectivity index (χ3n) is 3.23. The fraction of sp³-hybridized carbons (Fsp3) is 0.176. The maximum atomic E-state index is 12.6. The van der Waals surface area contributed by atoms with E-state index in [-0.39, 0.29) is 24.5 Å². The van der Waals surface area contributed by atoms with E-state index < -0.39 is 23.9 Å². The van der Waals surface area contributed by atoms with Gasteiger partial charge < -0.3 is 15.4 Å². The van der Waals surface area contributed by atoms with Crippen molar-refractivity contribution in [2.24, 2.45) is 0 Å². The Labute approximate surface area is 152 Å². The van der Waals surface area contributed by atoms with Crippen LogP contribution in [0.25, 0.3) is 0 Å². The minimum atomic E-state index is -4.52. The van der Waals surface area contributed by atoms with Crippen molar-refractivity contribution < 1.29 is 32.7 Å². The summed E-state index contributed by atoms with van der Waals surface area (Å²) in [5.41, 5.74) is -0.721. The number of para-hydroxylation sites is 1. The van der Waals surface area contributed by atoms with Crippen LogP contribution >= 0.6 is 0 Å². The Kier molecular flexibility index (Phi) is 6.61. The molecule has 0 spiro atoms. The van der Waals surface area contributed by atoms with Crippen LogP contribution in [0.15, 0.2) is 54.6 Å². The molecular weight excluding hydrogens is 367 g/mol. The van der Waals surface area contributed by atoms with Crippen LogP contribution in [0, 0.1) is 0 Å². The van der Waals surface area contributed by atoms with Crippen LogP contribution < -0.4 is 15.7 Å². The Balaban J connectivity index is 1.74. The maximum absolute atomic E-state index is 12.6. The van der Waals surface area contributed by atoms with Crippen LogP contribution in [0.1, 0.15) is 5.56 Å². The Morgan fingerprint density at radius 2 is 1.78 bits per heavy atom. The average molecular weight is 383 g/mol. The maximum Gasteiger partial charge on any atom is 0.438 e. The molecule has 0 saturated heterocycles. The van der Waals surface area contributed by atoms with Crippen LogP contribution in [-0.4, -0.2) is 30.5 Å². The number of ether oxygens (including phenoxy) is 1. The van der Waals surface area contributed by atoms with Gasteiger partial charge in [-0.3, -0.25) is 5.21 Å². The quantitative estimate of drug-likeness (QED) is 0.415. The van der Waals surface area contributed by atoms with E-state index in [9.17, 15) is 28.0 Å². The Hall–Kier alpha value is -3.27. The molecule has 3 amide bonds. The number of nitrogens with zero attached hydrogens (tertiary/aromatic N) is 1. The number of amides is 3. The summed E-state index contributed by atoms with van der Waals surface area (Å²) < 4.78 is 42.6. The van der Waals surface area contributed by atoms with E-state index >= 15 is 0 Å².